The molecule has 0 amide bonds. The molecular formula is C16H22N3O2S+. The molecule has 2 rings (SSSR count). The molecule has 6 heteroatoms. The Morgan fingerprint density at radius 1 is 1.14 bits per heavy atom. The topological polar surface area (TPSA) is 67.5 Å². The van der Waals surface area contributed by atoms with Gasteiger partial charge in [0.25, 0.3) is 0 Å². The van der Waals surface area contributed by atoms with Crippen molar-refractivity contribution < 1.29 is 14.9 Å². The molecule has 0 radical (unpaired) electrons. The zero-order chi connectivity index (χ0) is 16.4. The third-order valence-corrected chi connectivity index (χ3v) is 2.63. The average Bonchev–Trinajstić information content (AvgIpc) is 2.52. The number of anilines is 1. The Kier molecular flexibility index (Phi) is 7.88. The summed E-state index contributed by atoms with van der Waals surface area (Å²) in [7, 11) is 1.68. The fourth-order valence-corrected chi connectivity index (χ4v) is 1.70. The highest BCUT2D eigenvalue weighted by Crippen LogP contribution is 2.15. The molecule has 0 saturated heterocycles. The molecule has 0 saturated carbocycles. The van der Waals surface area contributed by atoms with Crippen LogP contribution in [0.25, 0.3) is 0 Å². The standard InChI is InChI=1S/C15H17N3O2.CH4S/c1-11-6-8-12(9-7-11)17-15(19)18-13-4-3-5-14(10-13)20-16-2;1-2/h3-10,16H,1-2H3,(H2,17,18,19);2H,1H3/p+1. The van der Waals surface area contributed by atoms with Crippen LogP contribution < -0.4 is 20.6 Å². The Hall–Kier alpha value is -2.18. The van der Waals surface area contributed by atoms with E-state index in [0.717, 1.165) is 11.4 Å². The van der Waals surface area contributed by atoms with Crippen LogP contribution in [0.3, 0.4) is 0 Å². The predicted octanol–water partition coefficient (Wildman–Crippen LogP) is 1.79. The number of aliphatic hydroxyl groups excluding tert-OH is 1. The summed E-state index contributed by atoms with van der Waals surface area (Å²) in [6.45, 7) is 2.01. The van der Waals surface area contributed by atoms with Gasteiger partial charge in [-0.05, 0) is 37.4 Å². The molecule has 22 heavy (non-hydrogen) atoms. The largest absolute Gasteiger partial charge is 0.449 e. The number of aliphatic hydroxyl groups is 1. The van der Waals surface area contributed by atoms with Gasteiger partial charge < -0.3 is 9.94 Å². The molecule has 4 N–H and O–H groups in total. The van der Waals surface area contributed by atoms with Crippen molar-refractivity contribution in [1.82, 2.24) is 5.48 Å². The van der Waals surface area contributed by atoms with Gasteiger partial charge in [-0.15, -0.1) is 0 Å². The zero-order valence-corrected chi connectivity index (χ0v) is 13.8. The maximum absolute atomic E-state index is 9.88. The van der Waals surface area contributed by atoms with E-state index in [1.807, 2.05) is 49.4 Å². The lowest BCUT2D eigenvalue weighted by Crippen LogP contribution is -2.68. The molecule has 0 aromatic heterocycles. The van der Waals surface area contributed by atoms with Gasteiger partial charge in [-0.2, -0.15) is 18.1 Å². The number of thiol groups is 1. The highest BCUT2D eigenvalue weighted by molar-refractivity contribution is 7.79. The summed E-state index contributed by atoms with van der Waals surface area (Å²) in [4.78, 5) is 8.03. The van der Waals surface area contributed by atoms with Gasteiger partial charge in [0.15, 0.2) is 5.75 Å². The number of hydrogen-bond donors (Lipinski definition) is 5. The summed E-state index contributed by atoms with van der Waals surface area (Å²) in [5, 5.41) is 12.7. The molecule has 0 spiro atoms. The summed E-state index contributed by atoms with van der Waals surface area (Å²) in [5.74, 6) is 0.653. The Labute approximate surface area is 136 Å². The lowest BCUT2D eigenvalue weighted by atomic mass is 10.2. The van der Waals surface area contributed by atoms with E-state index >= 15 is 0 Å². The first-order chi connectivity index (χ1) is 10.7. The molecular weight excluding hydrogens is 298 g/mol. The normalized spacial score (nSPS) is 10.5. The summed E-state index contributed by atoms with van der Waals surface area (Å²) in [5.41, 5.74) is 5.29. The van der Waals surface area contributed by atoms with Crippen molar-refractivity contribution in [3.8, 4) is 5.75 Å². The molecule has 0 aliphatic heterocycles. The van der Waals surface area contributed by atoms with Gasteiger partial charge in [-0.3, -0.25) is 0 Å². The van der Waals surface area contributed by atoms with E-state index < -0.39 is 0 Å². The SMILES string of the molecule is CNOc1cccc(NC(O)=[NH+]c2ccc(C)cc2)c1.CS. The molecule has 0 heterocycles. The van der Waals surface area contributed by atoms with Gasteiger partial charge in [0.1, 0.15) is 11.4 Å². The highest BCUT2D eigenvalue weighted by Gasteiger charge is 2.06. The van der Waals surface area contributed by atoms with E-state index in [4.69, 9.17) is 4.84 Å². The lowest BCUT2D eigenvalue weighted by Gasteiger charge is -2.03. The lowest BCUT2D eigenvalue weighted by molar-refractivity contribution is -0.365. The van der Waals surface area contributed by atoms with E-state index in [-0.39, 0.29) is 6.02 Å². The van der Waals surface area contributed by atoms with Crippen LogP contribution in [0.15, 0.2) is 48.5 Å². The first-order valence-corrected chi connectivity index (χ1v) is 7.62. The zero-order valence-electron chi connectivity index (χ0n) is 12.9. The third kappa shape index (κ3) is 6.07. The Morgan fingerprint density at radius 2 is 1.82 bits per heavy atom. The molecule has 0 unspecified atom stereocenters. The fourth-order valence-electron chi connectivity index (χ4n) is 1.70. The molecule has 0 aliphatic carbocycles. The molecule has 118 valence electrons. The molecule has 2 aromatic carbocycles. The summed E-state index contributed by atoms with van der Waals surface area (Å²) in [6, 6.07) is 14.9. The smallest absolute Gasteiger partial charge is 0.447 e. The van der Waals surface area contributed by atoms with E-state index in [1.54, 1.807) is 19.4 Å². The minimum Gasteiger partial charge on any atom is -0.447 e. The number of hydrogen-bond acceptors (Lipinski definition) is 3. The van der Waals surface area contributed by atoms with Crippen LogP contribution in [-0.2, 0) is 0 Å². The maximum Gasteiger partial charge on any atom is 0.449 e. The molecule has 0 atom stereocenters. The summed E-state index contributed by atoms with van der Waals surface area (Å²) in [6.07, 6.45) is 1.69. The van der Waals surface area contributed by atoms with Crippen LogP contribution in [0.4, 0.5) is 11.4 Å². The number of rotatable bonds is 4. The molecule has 0 aliphatic rings. The number of benzene rings is 2. The molecule has 2 aromatic rings. The fraction of sp³-hybridized carbons (Fsp3) is 0.188. The third-order valence-electron chi connectivity index (χ3n) is 2.63. The molecule has 0 bridgehead atoms. The minimum atomic E-state index is -0.0459. The Balaban J connectivity index is 0.00000116. The number of hydroxylamine groups is 1. The number of amidine groups is 1. The maximum atomic E-state index is 9.88. The summed E-state index contributed by atoms with van der Waals surface area (Å²) < 4.78 is 0. The average molecular weight is 320 g/mol. The second-order valence-corrected chi connectivity index (χ2v) is 4.30. The second kappa shape index (κ2) is 9.70. The van der Waals surface area contributed by atoms with Crippen molar-refractivity contribution in [2.75, 3.05) is 18.6 Å². The van der Waals surface area contributed by atoms with Gasteiger partial charge in [-0.1, -0.05) is 23.8 Å². The van der Waals surface area contributed by atoms with Crippen molar-refractivity contribution >= 4 is 30.0 Å². The van der Waals surface area contributed by atoms with Crippen molar-refractivity contribution in [3.63, 3.8) is 0 Å². The van der Waals surface area contributed by atoms with Crippen molar-refractivity contribution in [2.45, 2.75) is 6.92 Å². The van der Waals surface area contributed by atoms with Gasteiger partial charge in [0.2, 0.25) is 0 Å². The van der Waals surface area contributed by atoms with Gasteiger partial charge in [0.05, 0.1) is 0 Å². The second-order valence-electron chi connectivity index (χ2n) is 4.30. The first-order valence-electron chi connectivity index (χ1n) is 6.72. The Morgan fingerprint density at radius 3 is 2.45 bits per heavy atom. The van der Waals surface area contributed by atoms with Crippen molar-refractivity contribution in [2.24, 2.45) is 0 Å². The number of aryl methyl sites for hydroxylation is 1. The highest BCUT2D eigenvalue weighted by atomic mass is 32.1. The van der Waals surface area contributed by atoms with Crippen LogP contribution in [0.5, 0.6) is 5.75 Å². The van der Waals surface area contributed by atoms with Gasteiger partial charge >= 0.3 is 6.02 Å². The van der Waals surface area contributed by atoms with E-state index in [0.29, 0.717) is 5.75 Å². The molecule has 0 fully saturated rings. The monoisotopic (exact) mass is 320 g/mol. The van der Waals surface area contributed by atoms with Crippen LogP contribution in [0, 0.1) is 6.92 Å². The van der Waals surface area contributed by atoms with Gasteiger partial charge in [0, 0.05) is 13.1 Å². The van der Waals surface area contributed by atoms with Crippen LogP contribution in [0.2, 0.25) is 0 Å². The van der Waals surface area contributed by atoms with E-state index in [1.165, 1.54) is 5.56 Å². The summed E-state index contributed by atoms with van der Waals surface area (Å²) >= 11 is 3.53. The molecule has 5 nitrogen and oxygen atoms in total. The van der Waals surface area contributed by atoms with Crippen LogP contribution in [0.1, 0.15) is 5.56 Å². The Bertz CT molecular complexity index is 601. The van der Waals surface area contributed by atoms with E-state index in [2.05, 4.69) is 28.4 Å². The van der Waals surface area contributed by atoms with Gasteiger partial charge in [-0.25, -0.2) is 10.3 Å². The quantitative estimate of drug-likeness (QED) is 0.258. The van der Waals surface area contributed by atoms with Crippen LogP contribution >= 0.6 is 12.6 Å². The number of nitrogens with one attached hydrogen (secondary N) is 3. The predicted molar refractivity (Wildman–Crippen MR) is 94.1 cm³/mol. The van der Waals surface area contributed by atoms with Crippen LogP contribution in [-0.4, -0.2) is 24.4 Å². The van der Waals surface area contributed by atoms with Crippen molar-refractivity contribution in [1.29, 1.82) is 0 Å². The minimum absolute atomic E-state index is 0.0459. The van der Waals surface area contributed by atoms with E-state index in [9.17, 15) is 5.11 Å². The first kappa shape index (κ1) is 17.9. The van der Waals surface area contributed by atoms with Crippen molar-refractivity contribution in [3.05, 3.63) is 54.1 Å².